The normalized spacial score (nSPS) is 28.6. The zero-order chi connectivity index (χ0) is 18.4. The number of ether oxygens (including phenoxy) is 1. The lowest BCUT2D eigenvalue weighted by atomic mass is 9.98. The van der Waals surface area contributed by atoms with E-state index in [2.05, 4.69) is 20.4 Å². The fourth-order valence-electron chi connectivity index (χ4n) is 4.95. The van der Waals surface area contributed by atoms with Gasteiger partial charge in [0, 0.05) is 43.6 Å². The summed E-state index contributed by atoms with van der Waals surface area (Å²) >= 11 is 7.73. The largest absolute Gasteiger partial charge is 0.381 e. The first-order chi connectivity index (χ1) is 13.2. The first kappa shape index (κ1) is 17.6. The Labute approximate surface area is 167 Å². The summed E-state index contributed by atoms with van der Waals surface area (Å²) in [7, 11) is 0. The lowest BCUT2D eigenvalue weighted by Gasteiger charge is -2.27. The molecule has 144 valence electrons. The maximum absolute atomic E-state index is 12.8. The van der Waals surface area contributed by atoms with E-state index in [9.17, 15) is 4.79 Å². The number of likely N-dealkylation sites (tertiary alicyclic amines) is 1. The van der Waals surface area contributed by atoms with Crippen molar-refractivity contribution in [3.8, 4) is 0 Å². The molecule has 4 heterocycles. The number of anilines is 1. The summed E-state index contributed by atoms with van der Waals surface area (Å²) in [5.41, 5.74) is 0. The standard InChI is InChI=1S/C19H23ClN4O2S/c20-17-16-15(3-6-27-16)18(23-22-17)21-14-7-12-9-24(10-13(12)8-14)19(25)11-1-4-26-5-2-11/h3,6,11-14H,1-2,4-5,7-10H2,(H,21,23)/t12-,13?,14+/m1/s1. The summed E-state index contributed by atoms with van der Waals surface area (Å²) in [5, 5.41) is 15.5. The second-order valence-electron chi connectivity index (χ2n) is 7.97. The maximum Gasteiger partial charge on any atom is 0.225 e. The molecule has 3 aliphatic rings. The predicted molar refractivity (Wildman–Crippen MR) is 106 cm³/mol. The molecule has 0 radical (unpaired) electrons. The van der Waals surface area contributed by atoms with Crippen LogP contribution in [0.4, 0.5) is 5.82 Å². The van der Waals surface area contributed by atoms with Crippen LogP contribution in [0.15, 0.2) is 11.4 Å². The van der Waals surface area contributed by atoms with Crippen LogP contribution in [-0.2, 0) is 9.53 Å². The number of thiophene rings is 1. The van der Waals surface area contributed by atoms with Gasteiger partial charge in [-0.2, -0.15) is 0 Å². The number of rotatable bonds is 3. The maximum atomic E-state index is 12.8. The molecule has 2 aromatic rings. The fraction of sp³-hybridized carbons (Fsp3) is 0.632. The minimum absolute atomic E-state index is 0.169. The van der Waals surface area contributed by atoms with Crippen molar-refractivity contribution < 1.29 is 9.53 Å². The van der Waals surface area contributed by atoms with Gasteiger partial charge in [0.25, 0.3) is 0 Å². The number of carbonyl (C=O) groups excluding carboxylic acids is 1. The Hall–Kier alpha value is -1.44. The van der Waals surface area contributed by atoms with Gasteiger partial charge in [0.2, 0.25) is 5.91 Å². The molecule has 0 spiro atoms. The first-order valence-corrected chi connectivity index (χ1v) is 11.0. The quantitative estimate of drug-likeness (QED) is 0.845. The number of aromatic nitrogens is 2. The molecule has 2 saturated heterocycles. The summed E-state index contributed by atoms with van der Waals surface area (Å²) in [6.45, 7) is 3.25. The van der Waals surface area contributed by atoms with Crippen molar-refractivity contribution in [3.05, 3.63) is 16.6 Å². The third kappa shape index (κ3) is 3.30. The van der Waals surface area contributed by atoms with E-state index in [0.717, 1.165) is 67.9 Å². The van der Waals surface area contributed by atoms with E-state index >= 15 is 0 Å². The van der Waals surface area contributed by atoms with Crippen LogP contribution in [-0.4, -0.2) is 53.3 Å². The van der Waals surface area contributed by atoms with E-state index in [-0.39, 0.29) is 5.92 Å². The molecule has 1 N–H and O–H groups in total. The Kier molecular flexibility index (Phi) is 4.70. The highest BCUT2D eigenvalue weighted by molar-refractivity contribution is 7.17. The van der Waals surface area contributed by atoms with Crippen LogP contribution in [0.2, 0.25) is 5.15 Å². The Morgan fingerprint density at radius 3 is 2.70 bits per heavy atom. The SMILES string of the molecule is O=C(C1CCOCC1)N1CC2C[C@@H](Nc3nnc(Cl)c4sccc34)C[C@@H]2C1. The van der Waals surface area contributed by atoms with Crippen LogP contribution < -0.4 is 5.32 Å². The Balaban J connectivity index is 1.21. The highest BCUT2D eigenvalue weighted by Crippen LogP contribution is 2.41. The minimum atomic E-state index is 0.169. The summed E-state index contributed by atoms with van der Waals surface area (Å²) in [4.78, 5) is 14.9. The van der Waals surface area contributed by atoms with Crippen LogP contribution in [0.25, 0.3) is 10.1 Å². The molecule has 3 fully saturated rings. The lowest BCUT2D eigenvalue weighted by molar-refractivity contribution is -0.137. The molecule has 2 aliphatic heterocycles. The van der Waals surface area contributed by atoms with E-state index in [1.807, 2.05) is 11.4 Å². The number of nitrogens with one attached hydrogen (secondary N) is 1. The molecule has 3 atom stereocenters. The fourth-order valence-corrected chi connectivity index (χ4v) is 5.99. The van der Waals surface area contributed by atoms with Gasteiger partial charge in [-0.3, -0.25) is 4.79 Å². The second-order valence-corrected chi connectivity index (χ2v) is 9.24. The van der Waals surface area contributed by atoms with Gasteiger partial charge in [0.05, 0.1) is 4.70 Å². The monoisotopic (exact) mass is 406 g/mol. The van der Waals surface area contributed by atoms with Crippen molar-refractivity contribution in [2.45, 2.75) is 31.7 Å². The zero-order valence-corrected chi connectivity index (χ0v) is 16.6. The smallest absolute Gasteiger partial charge is 0.225 e. The minimum Gasteiger partial charge on any atom is -0.381 e. The number of halogens is 1. The van der Waals surface area contributed by atoms with Gasteiger partial charge in [-0.25, -0.2) is 0 Å². The molecular formula is C19H23ClN4O2S. The van der Waals surface area contributed by atoms with Gasteiger partial charge in [-0.05, 0) is 49.0 Å². The molecule has 6 nitrogen and oxygen atoms in total. The zero-order valence-electron chi connectivity index (χ0n) is 15.1. The Bertz CT molecular complexity index is 839. The van der Waals surface area contributed by atoms with Crippen molar-refractivity contribution in [1.82, 2.24) is 15.1 Å². The molecule has 0 aromatic carbocycles. The topological polar surface area (TPSA) is 67.3 Å². The van der Waals surface area contributed by atoms with E-state index in [4.69, 9.17) is 16.3 Å². The molecule has 2 aromatic heterocycles. The number of carbonyl (C=O) groups is 1. The highest BCUT2D eigenvalue weighted by atomic mass is 35.5. The first-order valence-electron chi connectivity index (χ1n) is 9.71. The van der Waals surface area contributed by atoms with Crippen molar-refractivity contribution in [2.24, 2.45) is 17.8 Å². The number of hydrogen-bond donors (Lipinski definition) is 1. The molecule has 27 heavy (non-hydrogen) atoms. The average Bonchev–Trinajstić information content (AvgIpc) is 3.39. The lowest BCUT2D eigenvalue weighted by Crippen LogP contribution is -2.38. The molecule has 0 bridgehead atoms. The summed E-state index contributed by atoms with van der Waals surface area (Å²) in [5.74, 6) is 2.52. The Morgan fingerprint density at radius 2 is 1.96 bits per heavy atom. The van der Waals surface area contributed by atoms with Crippen LogP contribution in [0.3, 0.4) is 0 Å². The summed E-state index contributed by atoms with van der Waals surface area (Å²) in [6, 6.07) is 2.44. The van der Waals surface area contributed by atoms with Crippen molar-refractivity contribution >= 4 is 44.7 Å². The summed E-state index contributed by atoms with van der Waals surface area (Å²) < 4.78 is 6.38. The molecule has 5 rings (SSSR count). The van der Waals surface area contributed by atoms with Gasteiger partial charge in [0.1, 0.15) is 0 Å². The van der Waals surface area contributed by atoms with Crippen LogP contribution in [0.1, 0.15) is 25.7 Å². The van der Waals surface area contributed by atoms with Crippen molar-refractivity contribution in [2.75, 3.05) is 31.6 Å². The van der Waals surface area contributed by atoms with Crippen LogP contribution >= 0.6 is 22.9 Å². The van der Waals surface area contributed by atoms with E-state index in [0.29, 0.717) is 28.9 Å². The number of hydrogen-bond acceptors (Lipinski definition) is 6. The average molecular weight is 407 g/mol. The molecule has 8 heteroatoms. The summed E-state index contributed by atoms with van der Waals surface area (Å²) in [6.07, 6.45) is 3.91. The molecule has 1 aliphatic carbocycles. The van der Waals surface area contributed by atoms with Gasteiger partial charge < -0.3 is 15.0 Å². The third-order valence-electron chi connectivity index (χ3n) is 6.32. The van der Waals surface area contributed by atoms with E-state index in [1.165, 1.54) is 0 Å². The Morgan fingerprint density at radius 1 is 1.22 bits per heavy atom. The number of fused-ring (bicyclic) bond motifs is 2. The van der Waals surface area contributed by atoms with Crippen molar-refractivity contribution in [3.63, 3.8) is 0 Å². The highest BCUT2D eigenvalue weighted by Gasteiger charge is 2.43. The van der Waals surface area contributed by atoms with E-state index in [1.54, 1.807) is 11.3 Å². The molecule has 1 saturated carbocycles. The second kappa shape index (κ2) is 7.18. The van der Waals surface area contributed by atoms with Crippen LogP contribution in [0, 0.1) is 17.8 Å². The predicted octanol–water partition coefficient (Wildman–Crippen LogP) is 3.42. The van der Waals surface area contributed by atoms with Gasteiger partial charge in [0.15, 0.2) is 11.0 Å². The van der Waals surface area contributed by atoms with Crippen LogP contribution in [0.5, 0.6) is 0 Å². The van der Waals surface area contributed by atoms with E-state index < -0.39 is 0 Å². The van der Waals surface area contributed by atoms with Gasteiger partial charge >= 0.3 is 0 Å². The number of amides is 1. The number of nitrogens with zero attached hydrogens (tertiary/aromatic N) is 3. The molecule has 1 unspecified atom stereocenters. The van der Waals surface area contributed by atoms with Gasteiger partial charge in [-0.15, -0.1) is 21.5 Å². The van der Waals surface area contributed by atoms with Crippen molar-refractivity contribution in [1.29, 1.82) is 0 Å². The molecular weight excluding hydrogens is 384 g/mol. The third-order valence-corrected chi connectivity index (χ3v) is 7.62. The molecule has 1 amide bonds. The van der Waals surface area contributed by atoms with Gasteiger partial charge in [-0.1, -0.05) is 11.6 Å².